The largest absolute Gasteiger partial charge is 0.489 e. The molecule has 1 aliphatic carbocycles. The van der Waals surface area contributed by atoms with Crippen LogP contribution in [-0.2, 0) is 13.7 Å². The Kier molecular flexibility index (Phi) is 3.65. The number of hydrogen-bond donors (Lipinski definition) is 1. The summed E-state index contributed by atoms with van der Waals surface area (Å²) >= 11 is 0. The minimum Gasteiger partial charge on any atom is -0.489 e. The topological polar surface area (TPSA) is 48.2 Å². The molecule has 2 aromatic heterocycles. The lowest BCUT2D eigenvalue weighted by Gasteiger charge is -2.11. The van der Waals surface area contributed by atoms with E-state index in [1.165, 1.54) is 22.2 Å². The van der Waals surface area contributed by atoms with E-state index in [9.17, 15) is 4.79 Å². The van der Waals surface area contributed by atoms with Crippen LogP contribution in [-0.4, -0.2) is 9.13 Å². The first-order valence-corrected chi connectivity index (χ1v) is 10.2. The third kappa shape index (κ3) is 2.52. The lowest BCUT2D eigenvalue weighted by molar-refractivity contribution is 0.305. The van der Waals surface area contributed by atoms with Crippen molar-refractivity contribution in [2.75, 3.05) is 0 Å². The van der Waals surface area contributed by atoms with Crippen molar-refractivity contribution in [1.82, 2.24) is 14.5 Å². The predicted octanol–water partition coefficient (Wildman–Crippen LogP) is 4.30. The molecule has 2 aromatic carbocycles. The second-order valence-corrected chi connectivity index (χ2v) is 7.96. The predicted molar refractivity (Wildman–Crippen MR) is 118 cm³/mol. The molecule has 3 heterocycles. The van der Waals surface area contributed by atoms with Gasteiger partial charge in [-0.1, -0.05) is 36.4 Å². The van der Waals surface area contributed by atoms with Crippen LogP contribution in [0.4, 0.5) is 0 Å². The molecule has 5 nitrogen and oxygen atoms in total. The minimum atomic E-state index is -0.105. The maximum atomic E-state index is 12.8. The van der Waals surface area contributed by atoms with Crippen molar-refractivity contribution in [3.8, 4) is 11.4 Å². The molecule has 2 bridgehead atoms. The van der Waals surface area contributed by atoms with E-state index < -0.39 is 0 Å². The average molecular weight is 395 g/mol. The van der Waals surface area contributed by atoms with E-state index in [0.29, 0.717) is 18.4 Å². The standard InChI is InChI=1S/C25H21N3O2/c1-27-22-12-18(7-8-20(22)24-21-11-17(14-26-21)25(24)27)28-10-9-19(13-23(28)29)30-15-16-5-3-2-4-6-16/h2-10,12-14,21,26H,11,15H2,1H3. The second-order valence-electron chi connectivity index (χ2n) is 7.96. The molecular weight excluding hydrogens is 374 g/mol. The number of pyridine rings is 1. The van der Waals surface area contributed by atoms with Crippen molar-refractivity contribution in [1.29, 1.82) is 0 Å². The highest BCUT2D eigenvalue weighted by atomic mass is 16.5. The molecule has 0 spiro atoms. The van der Waals surface area contributed by atoms with Gasteiger partial charge in [0.2, 0.25) is 0 Å². The number of aryl methyl sites for hydroxylation is 1. The number of benzene rings is 2. The fraction of sp³-hybridized carbons (Fsp3) is 0.160. The van der Waals surface area contributed by atoms with Crippen LogP contribution in [0.15, 0.2) is 77.9 Å². The molecule has 1 aliphatic heterocycles. The maximum Gasteiger partial charge on any atom is 0.258 e. The SMILES string of the molecule is Cn1c2c(c3ccc(-n4ccc(OCc5ccccc5)cc4=O)cc31)C1CC2=CN1. The summed E-state index contributed by atoms with van der Waals surface area (Å²) < 4.78 is 9.71. The van der Waals surface area contributed by atoms with Gasteiger partial charge in [-0.25, -0.2) is 0 Å². The van der Waals surface area contributed by atoms with Crippen LogP contribution < -0.4 is 15.6 Å². The van der Waals surface area contributed by atoms with E-state index in [1.807, 2.05) is 42.5 Å². The van der Waals surface area contributed by atoms with Crippen LogP contribution in [0.3, 0.4) is 0 Å². The van der Waals surface area contributed by atoms with E-state index in [2.05, 4.69) is 35.3 Å². The van der Waals surface area contributed by atoms with Gasteiger partial charge in [-0.05, 0) is 29.3 Å². The highest BCUT2D eigenvalue weighted by Crippen LogP contribution is 2.48. The highest BCUT2D eigenvalue weighted by Gasteiger charge is 2.35. The summed E-state index contributed by atoms with van der Waals surface area (Å²) in [5.74, 6) is 0.577. The lowest BCUT2D eigenvalue weighted by atomic mass is 10.1. The molecular formula is C25H21N3O2. The molecule has 148 valence electrons. The minimum absolute atomic E-state index is 0.105. The van der Waals surface area contributed by atoms with Gasteiger partial charge in [0, 0.05) is 42.9 Å². The number of fused-ring (bicyclic) bond motifs is 7. The maximum absolute atomic E-state index is 12.8. The zero-order valence-electron chi connectivity index (χ0n) is 16.6. The van der Waals surface area contributed by atoms with E-state index in [-0.39, 0.29) is 5.56 Å². The first-order valence-electron chi connectivity index (χ1n) is 10.2. The quantitative estimate of drug-likeness (QED) is 0.561. The molecule has 5 heteroatoms. The molecule has 0 saturated carbocycles. The highest BCUT2D eigenvalue weighted by molar-refractivity contribution is 5.95. The monoisotopic (exact) mass is 395 g/mol. The molecule has 0 amide bonds. The Balaban J connectivity index is 1.33. The van der Waals surface area contributed by atoms with E-state index in [0.717, 1.165) is 23.2 Å². The third-order valence-electron chi connectivity index (χ3n) is 6.18. The van der Waals surface area contributed by atoms with Gasteiger partial charge in [0.1, 0.15) is 12.4 Å². The van der Waals surface area contributed by atoms with Crippen LogP contribution in [0.1, 0.15) is 29.3 Å². The van der Waals surface area contributed by atoms with E-state index >= 15 is 0 Å². The van der Waals surface area contributed by atoms with Gasteiger partial charge >= 0.3 is 0 Å². The van der Waals surface area contributed by atoms with Gasteiger partial charge in [0.25, 0.3) is 5.56 Å². The Morgan fingerprint density at radius 2 is 1.97 bits per heavy atom. The fourth-order valence-electron chi connectivity index (χ4n) is 4.74. The first kappa shape index (κ1) is 17.2. The van der Waals surface area contributed by atoms with Gasteiger partial charge in [0.05, 0.1) is 22.9 Å². The number of nitrogens with zero attached hydrogens (tertiary/aromatic N) is 2. The number of rotatable bonds is 4. The summed E-state index contributed by atoms with van der Waals surface area (Å²) in [5, 5.41) is 4.72. The number of nitrogens with one attached hydrogen (secondary N) is 1. The molecule has 1 unspecified atom stereocenters. The van der Waals surface area contributed by atoms with Crippen LogP contribution in [0.2, 0.25) is 0 Å². The zero-order valence-corrected chi connectivity index (χ0v) is 16.6. The summed E-state index contributed by atoms with van der Waals surface area (Å²) in [7, 11) is 2.11. The normalized spacial score (nSPS) is 16.4. The summed E-state index contributed by atoms with van der Waals surface area (Å²) in [6, 6.07) is 20.0. The molecule has 0 fully saturated rings. The third-order valence-corrected chi connectivity index (χ3v) is 6.18. The summed E-state index contributed by atoms with van der Waals surface area (Å²) in [6.07, 6.45) is 4.99. The number of hydrogen-bond acceptors (Lipinski definition) is 3. The van der Waals surface area contributed by atoms with Gasteiger partial charge in [-0.3, -0.25) is 9.36 Å². The summed E-state index contributed by atoms with van der Waals surface area (Å²) in [4.78, 5) is 12.8. The van der Waals surface area contributed by atoms with Crippen molar-refractivity contribution in [3.63, 3.8) is 0 Å². The van der Waals surface area contributed by atoms with Gasteiger partial charge in [-0.2, -0.15) is 0 Å². The second kappa shape index (κ2) is 6.39. The smallest absolute Gasteiger partial charge is 0.258 e. The molecule has 1 N–H and O–H groups in total. The van der Waals surface area contributed by atoms with Crippen LogP contribution in [0.5, 0.6) is 5.75 Å². The van der Waals surface area contributed by atoms with Crippen LogP contribution in [0, 0.1) is 0 Å². The fourth-order valence-corrected chi connectivity index (χ4v) is 4.74. The number of aromatic nitrogens is 2. The Labute approximate surface area is 173 Å². The van der Waals surface area contributed by atoms with Crippen LogP contribution in [0.25, 0.3) is 22.2 Å². The van der Waals surface area contributed by atoms with E-state index in [1.54, 1.807) is 16.8 Å². The Morgan fingerprint density at radius 1 is 1.10 bits per heavy atom. The van der Waals surface area contributed by atoms with Gasteiger partial charge in [-0.15, -0.1) is 0 Å². The lowest BCUT2D eigenvalue weighted by Crippen LogP contribution is -2.16. The van der Waals surface area contributed by atoms with Gasteiger partial charge < -0.3 is 14.6 Å². The van der Waals surface area contributed by atoms with Crippen molar-refractivity contribution >= 4 is 16.5 Å². The van der Waals surface area contributed by atoms with E-state index in [4.69, 9.17) is 4.74 Å². The van der Waals surface area contributed by atoms with Crippen LogP contribution >= 0.6 is 0 Å². The average Bonchev–Trinajstić information content (AvgIpc) is 3.46. The summed E-state index contributed by atoms with van der Waals surface area (Å²) in [6.45, 7) is 0.441. The molecule has 2 aliphatic rings. The Bertz CT molecular complexity index is 1380. The molecule has 0 radical (unpaired) electrons. The van der Waals surface area contributed by atoms with Crippen molar-refractivity contribution in [3.05, 3.63) is 100 Å². The zero-order chi connectivity index (χ0) is 20.2. The van der Waals surface area contributed by atoms with Gasteiger partial charge in [0.15, 0.2) is 0 Å². The van der Waals surface area contributed by atoms with Crippen molar-refractivity contribution in [2.24, 2.45) is 7.05 Å². The molecule has 4 aromatic rings. The first-order chi connectivity index (χ1) is 14.7. The molecule has 0 saturated heterocycles. The number of ether oxygens (including phenoxy) is 1. The molecule has 1 atom stereocenters. The van der Waals surface area contributed by atoms with Crippen molar-refractivity contribution in [2.45, 2.75) is 19.1 Å². The summed E-state index contributed by atoms with van der Waals surface area (Å²) in [5.41, 5.74) is 7.04. The molecule has 30 heavy (non-hydrogen) atoms. The Morgan fingerprint density at radius 3 is 2.80 bits per heavy atom. The van der Waals surface area contributed by atoms with Crippen molar-refractivity contribution < 1.29 is 4.74 Å². The molecule has 6 rings (SSSR count). The Hall–Kier alpha value is -3.73.